The lowest BCUT2D eigenvalue weighted by Gasteiger charge is -2.35. The van der Waals surface area contributed by atoms with Crippen molar-refractivity contribution in [1.82, 2.24) is 24.6 Å². The van der Waals surface area contributed by atoms with Crippen LogP contribution in [-0.4, -0.2) is 43.6 Å². The summed E-state index contributed by atoms with van der Waals surface area (Å²) in [5, 5.41) is 6.87. The molecule has 0 unspecified atom stereocenters. The van der Waals surface area contributed by atoms with E-state index in [1.54, 1.807) is 0 Å². The summed E-state index contributed by atoms with van der Waals surface area (Å²) in [6.45, 7) is 8.67. The van der Waals surface area contributed by atoms with E-state index in [9.17, 15) is 4.79 Å². The molecule has 0 spiro atoms. The molecule has 3 aromatic rings. The van der Waals surface area contributed by atoms with E-state index in [0.717, 1.165) is 54.6 Å². The van der Waals surface area contributed by atoms with Crippen LogP contribution in [0.1, 0.15) is 33.6 Å². The quantitative estimate of drug-likeness (QED) is 0.769. The summed E-state index contributed by atoms with van der Waals surface area (Å²) in [4.78, 5) is 19.1. The molecule has 0 aliphatic carbocycles. The predicted octanol–water partition coefficient (Wildman–Crippen LogP) is 3.71. The highest BCUT2D eigenvalue weighted by Gasteiger charge is 2.30. The largest absolute Gasteiger partial charge is 0.342 e. The molecular weight excluding hydrogens is 338 g/mol. The van der Waals surface area contributed by atoms with Crippen molar-refractivity contribution in [1.29, 1.82) is 0 Å². The molecular formula is C21H27N5O. The summed E-state index contributed by atoms with van der Waals surface area (Å²) in [6, 6.07) is 6.38. The zero-order valence-corrected chi connectivity index (χ0v) is 16.3. The van der Waals surface area contributed by atoms with Crippen molar-refractivity contribution < 1.29 is 4.79 Å². The normalized spacial score (nSPS) is 16.2. The Bertz CT molecular complexity index is 927. The van der Waals surface area contributed by atoms with Crippen LogP contribution in [0.5, 0.6) is 0 Å². The van der Waals surface area contributed by atoms with Crippen molar-refractivity contribution in [2.75, 3.05) is 13.1 Å². The Morgan fingerprint density at radius 2 is 2.00 bits per heavy atom. The van der Waals surface area contributed by atoms with Gasteiger partial charge in [-0.05, 0) is 36.5 Å². The smallest absolute Gasteiger partial charge is 0.227 e. The number of aromatic amines is 1. The lowest BCUT2D eigenvalue weighted by atomic mass is 9.91. The first-order chi connectivity index (χ1) is 12.9. The molecule has 1 N–H and O–H groups in total. The van der Waals surface area contributed by atoms with Crippen LogP contribution in [-0.2, 0) is 11.3 Å². The standard InChI is InChI=1S/C21H27N5O/c1-21(2,3)20(27)25-8-6-15(7-9-25)13-26-14-22-18-10-16(4-5-19(18)26)17-11-23-24-12-17/h4-5,10-12,14-15H,6-9,13H2,1-3H3,(H,23,24). The first-order valence-electron chi connectivity index (χ1n) is 9.65. The fourth-order valence-corrected chi connectivity index (χ4v) is 3.87. The molecule has 0 atom stereocenters. The van der Waals surface area contributed by atoms with Gasteiger partial charge in [-0.3, -0.25) is 9.89 Å². The molecule has 1 aliphatic heterocycles. The molecule has 0 bridgehead atoms. The van der Waals surface area contributed by atoms with Gasteiger partial charge in [0.25, 0.3) is 0 Å². The number of nitrogens with one attached hydrogen (secondary N) is 1. The summed E-state index contributed by atoms with van der Waals surface area (Å²) in [7, 11) is 0. The molecule has 1 fully saturated rings. The molecule has 1 saturated heterocycles. The highest BCUT2D eigenvalue weighted by Crippen LogP contribution is 2.27. The number of imidazole rings is 1. The van der Waals surface area contributed by atoms with Crippen LogP contribution in [0.25, 0.3) is 22.2 Å². The van der Waals surface area contributed by atoms with E-state index in [2.05, 4.69) is 37.9 Å². The maximum Gasteiger partial charge on any atom is 0.227 e. The van der Waals surface area contributed by atoms with E-state index in [-0.39, 0.29) is 11.3 Å². The monoisotopic (exact) mass is 365 g/mol. The van der Waals surface area contributed by atoms with Gasteiger partial charge < -0.3 is 9.47 Å². The van der Waals surface area contributed by atoms with E-state index in [0.29, 0.717) is 5.92 Å². The van der Waals surface area contributed by atoms with Gasteiger partial charge >= 0.3 is 0 Å². The predicted molar refractivity (Wildman–Crippen MR) is 106 cm³/mol. The molecule has 6 heteroatoms. The Balaban J connectivity index is 1.43. The Morgan fingerprint density at radius 1 is 1.22 bits per heavy atom. The number of nitrogens with zero attached hydrogens (tertiary/aromatic N) is 4. The highest BCUT2D eigenvalue weighted by molar-refractivity contribution is 5.82. The minimum Gasteiger partial charge on any atom is -0.342 e. The van der Waals surface area contributed by atoms with Crippen molar-refractivity contribution in [3.05, 3.63) is 36.9 Å². The third-order valence-corrected chi connectivity index (χ3v) is 5.45. The lowest BCUT2D eigenvalue weighted by Crippen LogP contribution is -2.44. The van der Waals surface area contributed by atoms with E-state index in [4.69, 9.17) is 0 Å². The molecule has 0 radical (unpaired) electrons. The van der Waals surface area contributed by atoms with Crippen LogP contribution >= 0.6 is 0 Å². The van der Waals surface area contributed by atoms with Crippen molar-refractivity contribution >= 4 is 16.9 Å². The van der Waals surface area contributed by atoms with Crippen molar-refractivity contribution in [3.8, 4) is 11.1 Å². The average Bonchev–Trinajstić information content (AvgIpc) is 3.31. The second-order valence-corrected chi connectivity index (χ2v) is 8.57. The molecule has 0 saturated carbocycles. The van der Waals surface area contributed by atoms with Gasteiger partial charge in [0.15, 0.2) is 0 Å². The molecule has 2 aromatic heterocycles. The number of hydrogen-bond donors (Lipinski definition) is 1. The molecule has 3 heterocycles. The first-order valence-corrected chi connectivity index (χ1v) is 9.65. The third-order valence-electron chi connectivity index (χ3n) is 5.45. The number of hydrogen-bond acceptors (Lipinski definition) is 3. The number of amides is 1. The van der Waals surface area contributed by atoms with Crippen LogP contribution in [0.3, 0.4) is 0 Å². The fourth-order valence-electron chi connectivity index (χ4n) is 3.87. The maximum absolute atomic E-state index is 12.5. The Kier molecular flexibility index (Phi) is 4.50. The third kappa shape index (κ3) is 3.61. The van der Waals surface area contributed by atoms with Gasteiger partial charge in [0.2, 0.25) is 5.91 Å². The van der Waals surface area contributed by atoms with Gasteiger partial charge in [-0.15, -0.1) is 0 Å². The van der Waals surface area contributed by atoms with Crippen LogP contribution < -0.4 is 0 Å². The van der Waals surface area contributed by atoms with Gasteiger partial charge in [0, 0.05) is 36.8 Å². The van der Waals surface area contributed by atoms with Gasteiger partial charge in [-0.25, -0.2) is 4.98 Å². The number of carbonyl (C=O) groups excluding carboxylic acids is 1. The van der Waals surface area contributed by atoms with Gasteiger partial charge in [-0.2, -0.15) is 5.10 Å². The average molecular weight is 365 g/mol. The summed E-state index contributed by atoms with van der Waals surface area (Å²) in [6.07, 6.45) is 7.76. The molecule has 6 nitrogen and oxygen atoms in total. The molecule has 27 heavy (non-hydrogen) atoms. The molecule has 1 aliphatic rings. The van der Waals surface area contributed by atoms with Crippen molar-refractivity contribution in [2.45, 2.75) is 40.2 Å². The Hall–Kier alpha value is -2.63. The number of rotatable bonds is 3. The van der Waals surface area contributed by atoms with Crippen molar-refractivity contribution in [2.24, 2.45) is 11.3 Å². The summed E-state index contributed by atoms with van der Waals surface area (Å²) < 4.78 is 2.25. The molecule has 142 valence electrons. The van der Waals surface area contributed by atoms with Gasteiger partial charge in [0.1, 0.15) is 0 Å². The van der Waals surface area contributed by atoms with Crippen LogP contribution in [0.15, 0.2) is 36.9 Å². The molecule has 4 rings (SSSR count). The summed E-state index contributed by atoms with van der Waals surface area (Å²) >= 11 is 0. The Morgan fingerprint density at radius 3 is 2.67 bits per heavy atom. The number of aromatic nitrogens is 4. The topological polar surface area (TPSA) is 66.8 Å². The maximum atomic E-state index is 12.5. The summed E-state index contributed by atoms with van der Waals surface area (Å²) in [5.41, 5.74) is 4.07. The number of piperidine rings is 1. The minimum absolute atomic E-state index is 0.265. The van der Waals surface area contributed by atoms with Gasteiger partial charge in [0.05, 0.1) is 23.6 Å². The Labute approximate surface area is 159 Å². The number of fused-ring (bicyclic) bond motifs is 1. The number of H-pyrrole nitrogens is 1. The van der Waals surface area contributed by atoms with E-state index in [1.807, 2.05) is 44.4 Å². The number of benzene rings is 1. The van der Waals surface area contributed by atoms with E-state index < -0.39 is 0 Å². The summed E-state index contributed by atoms with van der Waals surface area (Å²) in [5.74, 6) is 0.848. The van der Waals surface area contributed by atoms with E-state index in [1.165, 1.54) is 0 Å². The van der Waals surface area contributed by atoms with Crippen molar-refractivity contribution in [3.63, 3.8) is 0 Å². The number of likely N-dealkylation sites (tertiary alicyclic amines) is 1. The molecule has 1 amide bonds. The van der Waals surface area contributed by atoms with Crippen LogP contribution in [0.4, 0.5) is 0 Å². The highest BCUT2D eigenvalue weighted by atomic mass is 16.2. The SMILES string of the molecule is CC(C)(C)C(=O)N1CCC(Cn2cnc3cc(-c4cn[nH]c4)ccc32)CC1. The van der Waals surface area contributed by atoms with Crippen LogP contribution in [0, 0.1) is 11.3 Å². The van der Waals surface area contributed by atoms with Gasteiger partial charge in [-0.1, -0.05) is 26.8 Å². The fraction of sp³-hybridized carbons (Fsp3) is 0.476. The zero-order chi connectivity index (χ0) is 19.0. The first kappa shape index (κ1) is 17.8. The second-order valence-electron chi connectivity index (χ2n) is 8.57. The number of carbonyl (C=O) groups is 1. The van der Waals surface area contributed by atoms with E-state index >= 15 is 0 Å². The lowest BCUT2D eigenvalue weighted by molar-refractivity contribution is -0.140. The molecule has 1 aromatic carbocycles. The van der Waals surface area contributed by atoms with Crippen LogP contribution in [0.2, 0.25) is 0 Å². The minimum atomic E-state index is -0.292. The second kappa shape index (κ2) is 6.83. The zero-order valence-electron chi connectivity index (χ0n) is 16.3.